The SMILES string of the molecule is CC(C)C(=O)NC1CN(Cc2cccn2C)CC2(CCCC2)NC1=O. The Morgan fingerprint density at radius 3 is 2.72 bits per heavy atom. The molecule has 6 nitrogen and oxygen atoms in total. The van der Waals surface area contributed by atoms with Crippen LogP contribution in [0.5, 0.6) is 0 Å². The molecule has 2 heterocycles. The Morgan fingerprint density at radius 1 is 1.40 bits per heavy atom. The highest BCUT2D eigenvalue weighted by Gasteiger charge is 2.42. The first kappa shape index (κ1) is 18.0. The lowest BCUT2D eigenvalue weighted by atomic mass is 9.97. The van der Waals surface area contributed by atoms with Crippen molar-refractivity contribution in [1.29, 1.82) is 0 Å². The van der Waals surface area contributed by atoms with Crippen molar-refractivity contribution in [1.82, 2.24) is 20.1 Å². The number of aryl methyl sites for hydroxylation is 1. The Kier molecular flexibility index (Phi) is 5.18. The number of carbonyl (C=O) groups excluding carboxylic acids is 2. The summed E-state index contributed by atoms with van der Waals surface area (Å²) in [6, 6.07) is 3.67. The molecule has 0 radical (unpaired) electrons. The molecule has 2 fully saturated rings. The van der Waals surface area contributed by atoms with E-state index in [4.69, 9.17) is 0 Å². The molecule has 1 saturated carbocycles. The fraction of sp³-hybridized carbons (Fsp3) is 0.684. The lowest BCUT2D eigenvalue weighted by molar-refractivity contribution is -0.131. The van der Waals surface area contributed by atoms with Crippen LogP contribution in [0.15, 0.2) is 18.3 Å². The van der Waals surface area contributed by atoms with E-state index in [1.54, 1.807) is 0 Å². The predicted molar refractivity (Wildman–Crippen MR) is 96.8 cm³/mol. The van der Waals surface area contributed by atoms with E-state index in [1.807, 2.05) is 33.2 Å². The maximum atomic E-state index is 12.8. The van der Waals surface area contributed by atoms with Gasteiger partial charge in [0.05, 0.1) is 5.54 Å². The van der Waals surface area contributed by atoms with Gasteiger partial charge in [0.1, 0.15) is 6.04 Å². The van der Waals surface area contributed by atoms with Gasteiger partial charge in [-0.1, -0.05) is 26.7 Å². The van der Waals surface area contributed by atoms with Gasteiger partial charge >= 0.3 is 0 Å². The molecule has 0 aromatic carbocycles. The third-order valence-electron chi connectivity index (χ3n) is 5.51. The van der Waals surface area contributed by atoms with E-state index in [0.717, 1.165) is 38.8 Å². The molecule has 1 spiro atoms. The van der Waals surface area contributed by atoms with Crippen LogP contribution >= 0.6 is 0 Å². The lowest BCUT2D eigenvalue weighted by Crippen LogP contribution is -2.54. The first-order valence-electron chi connectivity index (χ1n) is 9.33. The molecular formula is C19H30N4O2. The van der Waals surface area contributed by atoms with E-state index in [-0.39, 0.29) is 23.3 Å². The summed E-state index contributed by atoms with van der Waals surface area (Å²) in [7, 11) is 2.04. The van der Waals surface area contributed by atoms with Gasteiger partial charge in [-0.05, 0) is 25.0 Å². The summed E-state index contributed by atoms with van der Waals surface area (Å²) in [5.74, 6) is -0.232. The highest BCUT2D eigenvalue weighted by molar-refractivity contribution is 5.89. The van der Waals surface area contributed by atoms with Gasteiger partial charge < -0.3 is 15.2 Å². The minimum absolute atomic E-state index is 0.0368. The van der Waals surface area contributed by atoms with E-state index in [1.165, 1.54) is 5.69 Å². The Hall–Kier alpha value is -1.82. The van der Waals surface area contributed by atoms with Crippen molar-refractivity contribution >= 4 is 11.8 Å². The second kappa shape index (κ2) is 7.20. The van der Waals surface area contributed by atoms with E-state index in [2.05, 4.69) is 26.2 Å². The monoisotopic (exact) mass is 346 g/mol. The van der Waals surface area contributed by atoms with Gasteiger partial charge in [0.15, 0.2) is 0 Å². The fourth-order valence-corrected chi connectivity index (χ4v) is 4.02. The topological polar surface area (TPSA) is 66.4 Å². The van der Waals surface area contributed by atoms with Crippen LogP contribution in [0.3, 0.4) is 0 Å². The molecule has 3 rings (SSSR count). The number of carbonyl (C=O) groups is 2. The van der Waals surface area contributed by atoms with Crippen LogP contribution in [0, 0.1) is 5.92 Å². The number of nitrogens with zero attached hydrogens (tertiary/aromatic N) is 2. The quantitative estimate of drug-likeness (QED) is 0.866. The van der Waals surface area contributed by atoms with Gasteiger partial charge in [0, 0.05) is 44.5 Å². The first-order chi connectivity index (χ1) is 11.9. The van der Waals surface area contributed by atoms with E-state index >= 15 is 0 Å². The van der Waals surface area contributed by atoms with E-state index < -0.39 is 6.04 Å². The smallest absolute Gasteiger partial charge is 0.244 e. The summed E-state index contributed by atoms with van der Waals surface area (Å²) in [4.78, 5) is 27.3. The van der Waals surface area contributed by atoms with Gasteiger partial charge in [-0.3, -0.25) is 14.5 Å². The minimum atomic E-state index is -0.491. The molecule has 1 aliphatic heterocycles. The number of hydrogen-bond acceptors (Lipinski definition) is 3. The van der Waals surface area contributed by atoms with Gasteiger partial charge in [0.25, 0.3) is 0 Å². The molecule has 2 N–H and O–H groups in total. The van der Waals surface area contributed by atoms with Crippen LogP contribution < -0.4 is 10.6 Å². The number of aromatic nitrogens is 1. The average Bonchev–Trinajstić information content (AvgIpc) is 3.13. The molecule has 1 atom stereocenters. The molecule has 0 bridgehead atoms. The highest BCUT2D eigenvalue weighted by Crippen LogP contribution is 2.32. The van der Waals surface area contributed by atoms with Crippen molar-refractivity contribution in [3.63, 3.8) is 0 Å². The van der Waals surface area contributed by atoms with Gasteiger partial charge in [-0.2, -0.15) is 0 Å². The molecular weight excluding hydrogens is 316 g/mol. The Morgan fingerprint density at radius 2 is 2.12 bits per heavy atom. The van der Waals surface area contributed by atoms with Crippen LogP contribution in [0.4, 0.5) is 0 Å². The summed E-state index contributed by atoms with van der Waals surface area (Å²) in [5, 5.41) is 6.21. The molecule has 25 heavy (non-hydrogen) atoms. The molecule has 1 aromatic rings. The lowest BCUT2D eigenvalue weighted by Gasteiger charge is -2.32. The van der Waals surface area contributed by atoms with Crippen molar-refractivity contribution in [2.75, 3.05) is 13.1 Å². The van der Waals surface area contributed by atoms with Crippen molar-refractivity contribution in [3.05, 3.63) is 24.0 Å². The number of hydrogen-bond donors (Lipinski definition) is 2. The first-order valence-corrected chi connectivity index (χ1v) is 9.33. The van der Waals surface area contributed by atoms with Crippen molar-refractivity contribution in [2.24, 2.45) is 13.0 Å². The largest absolute Gasteiger partial charge is 0.353 e. The van der Waals surface area contributed by atoms with Gasteiger partial charge in [-0.25, -0.2) is 0 Å². The zero-order chi connectivity index (χ0) is 18.0. The molecule has 6 heteroatoms. The molecule has 2 aliphatic rings. The van der Waals surface area contributed by atoms with Crippen molar-refractivity contribution < 1.29 is 9.59 Å². The number of rotatable bonds is 4. The summed E-state index contributed by atoms with van der Waals surface area (Å²) < 4.78 is 2.11. The van der Waals surface area contributed by atoms with Crippen LogP contribution in [0.2, 0.25) is 0 Å². The van der Waals surface area contributed by atoms with E-state index in [9.17, 15) is 9.59 Å². The predicted octanol–water partition coefficient (Wildman–Crippen LogP) is 1.41. The Labute approximate surface area is 149 Å². The molecule has 1 aromatic heterocycles. The van der Waals surface area contributed by atoms with E-state index in [0.29, 0.717) is 6.54 Å². The summed E-state index contributed by atoms with van der Waals surface area (Å²) in [5.41, 5.74) is 1.08. The summed E-state index contributed by atoms with van der Waals surface area (Å²) in [6.07, 6.45) is 6.39. The van der Waals surface area contributed by atoms with Crippen LogP contribution in [-0.4, -0.2) is 46.0 Å². The van der Waals surface area contributed by atoms with Crippen LogP contribution in [0.1, 0.15) is 45.2 Å². The fourth-order valence-electron chi connectivity index (χ4n) is 4.02. The molecule has 138 valence electrons. The molecule has 1 unspecified atom stereocenters. The number of nitrogens with one attached hydrogen (secondary N) is 2. The minimum Gasteiger partial charge on any atom is -0.353 e. The summed E-state index contributed by atoms with van der Waals surface area (Å²) in [6.45, 7) is 5.89. The number of amides is 2. The van der Waals surface area contributed by atoms with Gasteiger partial charge in [0.2, 0.25) is 11.8 Å². The third kappa shape index (κ3) is 4.06. The zero-order valence-corrected chi connectivity index (χ0v) is 15.5. The normalized spacial score (nSPS) is 23.7. The Balaban J connectivity index is 1.80. The second-order valence-electron chi connectivity index (χ2n) is 7.97. The van der Waals surface area contributed by atoms with Crippen LogP contribution in [0.25, 0.3) is 0 Å². The maximum Gasteiger partial charge on any atom is 0.244 e. The molecule has 2 amide bonds. The van der Waals surface area contributed by atoms with Crippen LogP contribution in [-0.2, 0) is 23.2 Å². The van der Waals surface area contributed by atoms with Crippen molar-refractivity contribution in [2.45, 2.75) is 57.7 Å². The highest BCUT2D eigenvalue weighted by atomic mass is 16.2. The van der Waals surface area contributed by atoms with Crippen molar-refractivity contribution in [3.8, 4) is 0 Å². The second-order valence-corrected chi connectivity index (χ2v) is 7.97. The zero-order valence-electron chi connectivity index (χ0n) is 15.5. The Bertz CT molecular complexity index is 631. The summed E-state index contributed by atoms with van der Waals surface area (Å²) >= 11 is 0. The molecule has 1 saturated heterocycles. The average molecular weight is 346 g/mol. The molecule has 1 aliphatic carbocycles. The standard InChI is InChI=1S/C19H30N4O2/c1-14(2)17(24)20-16-12-23(11-15-7-6-10-22(15)3)13-19(21-18(16)25)8-4-5-9-19/h6-7,10,14,16H,4-5,8-9,11-13H2,1-3H3,(H,20,24)(H,21,25). The maximum absolute atomic E-state index is 12.8. The van der Waals surface area contributed by atoms with Gasteiger partial charge in [-0.15, -0.1) is 0 Å². The third-order valence-corrected chi connectivity index (χ3v) is 5.51.